The van der Waals surface area contributed by atoms with Gasteiger partial charge in [-0.05, 0) is 43.6 Å². The molecule has 2 heterocycles. The molecule has 0 unspecified atom stereocenters. The minimum Gasteiger partial charge on any atom is -0.488 e. The van der Waals surface area contributed by atoms with Crippen LogP contribution in [0, 0.1) is 5.92 Å². The van der Waals surface area contributed by atoms with Crippen LogP contribution in [0.5, 0.6) is 5.75 Å². The summed E-state index contributed by atoms with van der Waals surface area (Å²) >= 11 is 1.11. The molecule has 1 aromatic carbocycles. The Kier molecular flexibility index (Phi) is 7.02. The van der Waals surface area contributed by atoms with Crippen LogP contribution >= 0.6 is 11.3 Å². The van der Waals surface area contributed by atoms with E-state index in [4.69, 9.17) is 4.74 Å². The maximum absolute atomic E-state index is 13.3. The lowest BCUT2D eigenvalue weighted by Gasteiger charge is -2.37. The lowest BCUT2D eigenvalue weighted by Crippen LogP contribution is -2.49. The van der Waals surface area contributed by atoms with Gasteiger partial charge in [0.2, 0.25) is 0 Å². The second-order valence-electron chi connectivity index (χ2n) is 7.43. The highest BCUT2D eigenvalue weighted by Crippen LogP contribution is 2.31. The molecule has 8 nitrogen and oxygen atoms in total. The zero-order valence-electron chi connectivity index (χ0n) is 17.2. The van der Waals surface area contributed by atoms with E-state index in [9.17, 15) is 18.3 Å². The highest BCUT2D eigenvalue weighted by atomic mass is 32.2. The number of sulfonamides is 1. The van der Waals surface area contributed by atoms with Crippen molar-refractivity contribution in [2.45, 2.75) is 30.2 Å². The Balaban J connectivity index is 2.00. The fourth-order valence-corrected chi connectivity index (χ4v) is 5.39. The quantitative estimate of drug-likeness (QED) is 0.592. The van der Waals surface area contributed by atoms with Gasteiger partial charge in [-0.3, -0.25) is 9.52 Å². The number of likely N-dealkylation sites (N-methyl/N-ethyl adjacent to an activating group) is 1. The van der Waals surface area contributed by atoms with E-state index in [1.165, 1.54) is 12.1 Å². The van der Waals surface area contributed by atoms with Crippen LogP contribution in [0.1, 0.15) is 24.2 Å². The smallest absolute Gasteiger partial charge is 0.271 e. The standard InChI is InChI=1S/C20H27N3O5S2/c1-13-11-23(14(2)12-24)20(25)16-9-15(6-7-17(16)28-18(13)10-21-3)22-30(26,27)19-5-4-8-29-19/h4-9,13-14,18,21-22,24H,10-12H2,1-3H3/t13-,14-,18+/m1/s1. The first-order valence-electron chi connectivity index (χ1n) is 9.70. The topological polar surface area (TPSA) is 108 Å². The highest BCUT2D eigenvalue weighted by molar-refractivity contribution is 7.94. The number of benzene rings is 1. The first-order valence-corrected chi connectivity index (χ1v) is 12.1. The van der Waals surface area contributed by atoms with Gasteiger partial charge in [0.1, 0.15) is 16.1 Å². The van der Waals surface area contributed by atoms with Gasteiger partial charge in [-0.2, -0.15) is 0 Å². The number of carbonyl (C=O) groups excluding carboxylic acids is 1. The number of rotatable bonds is 7. The van der Waals surface area contributed by atoms with Crippen LogP contribution in [0.2, 0.25) is 0 Å². The first kappa shape index (κ1) is 22.5. The summed E-state index contributed by atoms with van der Waals surface area (Å²) in [6.07, 6.45) is -0.191. The molecule has 3 N–H and O–H groups in total. The molecule has 0 saturated carbocycles. The Labute approximate surface area is 180 Å². The van der Waals surface area contributed by atoms with Crippen molar-refractivity contribution in [2.75, 3.05) is 31.5 Å². The fraction of sp³-hybridized carbons (Fsp3) is 0.450. The largest absolute Gasteiger partial charge is 0.488 e. The zero-order valence-corrected chi connectivity index (χ0v) is 18.8. The van der Waals surface area contributed by atoms with Gasteiger partial charge < -0.3 is 20.1 Å². The predicted molar refractivity (Wildman–Crippen MR) is 117 cm³/mol. The van der Waals surface area contributed by atoms with Crippen molar-refractivity contribution in [1.29, 1.82) is 0 Å². The lowest BCUT2D eigenvalue weighted by atomic mass is 9.99. The molecule has 0 bridgehead atoms. The monoisotopic (exact) mass is 453 g/mol. The second-order valence-corrected chi connectivity index (χ2v) is 10.3. The summed E-state index contributed by atoms with van der Waals surface area (Å²) in [4.78, 5) is 14.9. The van der Waals surface area contributed by atoms with E-state index in [0.717, 1.165) is 11.3 Å². The van der Waals surface area contributed by atoms with Gasteiger partial charge in [-0.25, -0.2) is 8.42 Å². The molecule has 2 aromatic rings. The number of amides is 1. The van der Waals surface area contributed by atoms with Gasteiger partial charge in [0.25, 0.3) is 15.9 Å². The number of thiophene rings is 1. The average molecular weight is 454 g/mol. The van der Waals surface area contributed by atoms with E-state index >= 15 is 0 Å². The molecule has 0 fully saturated rings. The fourth-order valence-electron chi connectivity index (χ4n) is 3.35. The summed E-state index contributed by atoms with van der Waals surface area (Å²) in [6.45, 7) is 4.61. The van der Waals surface area contributed by atoms with Gasteiger partial charge in [-0.1, -0.05) is 13.0 Å². The number of fused-ring (bicyclic) bond motifs is 1. The predicted octanol–water partition coefficient (Wildman–Crippen LogP) is 1.99. The molecule has 1 aliphatic heterocycles. The molecule has 0 spiro atoms. The Morgan fingerprint density at radius 2 is 2.13 bits per heavy atom. The van der Waals surface area contributed by atoms with Crippen LogP contribution < -0.4 is 14.8 Å². The third kappa shape index (κ3) is 4.77. The van der Waals surface area contributed by atoms with Crippen LogP contribution in [0.4, 0.5) is 5.69 Å². The Bertz CT molecular complexity index is 978. The van der Waals surface area contributed by atoms with E-state index in [1.807, 2.05) is 14.0 Å². The van der Waals surface area contributed by atoms with Crippen LogP contribution in [0.25, 0.3) is 0 Å². The number of aliphatic hydroxyl groups is 1. The summed E-state index contributed by atoms with van der Waals surface area (Å²) in [5.74, 6) is 0.111. The molecule has 0 radical (unpaired) electrons. The average Bonchev–Trinajstić information content (AvgIpc) is 3.26. The molecule has 0 saturated heterocycles. The highest BCUT2D eigenvalue weighted by Gasteiger charge is 2.33. The minimum atomic E-state index is -3.74. The minimum absolute atomic E-state index is 0.0283. The SMILES string of the molecule is CNC[C@@H]1Oc2ccc(NS(=O)(=O)c3cccs3)cc2C(=O)N([C@H](C)CO)C[C@H]1C. The number of anilines is 1. The molecule has 3 rings (SSSR count). The van der Waals surface area contributed by atoms with Gasteiger partial charge in [0.05, 0.1) is 18.2 Å². The van der Waals surface area contributed by atoms with Crippen molar-refractivity contribution < 1.29 is 23.1 Å². The summed E-state index contributed by atoms with van der Waals surface area (Å²) in [7, 11) is -1.91. The molecular formula is C20H27N3O5S2. The number of ether oxygens (including phenoxy) is 1. The summed E-state index contributed by atoms with van der Waals surface area (Å²) in [5.41, 5.74) is 0.532. The molecule has 30 heavy (non-hydrogen) atoms. The van der Waals surface area contributed by atoms with Crippen molar-refractivity contribution in [3.05, 3.63) is 41.3 Å². The van der Waals surface area contributed by atoms with Gasteiger partial charge in [-0.15, -0.1) is 11.3 Å². The lowest BCUT2D eigenvalue weighted by molar-refractivity contribution is 0.0416. The number of nitrogens with zero attached hydrogens (tertiary/aromatic N) is 1. The molecular weight excluding hydrogens is 426 g/mol. The molecule has 1 aliphatic rings. The van der Waals surface area contributed by atoms with Crippen molar-refractivity contribution in [1.82, 2.24) is 10.2 Å². The van der Waals surface area contributed by atoms with Crippen molar-refractivity contribution in [2.24, 2.45) is 5.92 Å². The van der Waals surface area contributed by atoms with Crippen molar-refractivity contribution in [3.63, 3.8) is 0 Å². The normalized spacial score (nSPS) is 20.7. The van der Waals surface area contributed by atoms with Gasteiger partial charge in [0, 0.05) is 24.7 Å². The number of carbonyl (C=O) groups is 1. The van der Waals surface area contributed by atoms with Gasteiger partial charge >= 0.3 is 0 Å². The first-order chi connectivity index (χ1) is 14.3. The Morgan fingerprint density at radius 3 is 2.77 bits per heavy atom. The number of hydrogen-bond donors (Lipinski definition) is 3. The summed E-state index contributed by atoms with van der Waals surface area (Å²) in [6, 6.07) is 7.48. The van der Waals surface area contributed by atoms with Crippen molar-refractivity contribution in [3.8, 4) is 5.75 Å². The van der Waals surface area contributed by atoms with Crippen LogP contribution in [0.15, 0.2) is 39.9 Å². The summed E-state index contributed by atoms with van der Waals surface area (Å²) in [5, 5.41) is 14.4. The third-order valence-electron chi connectivity index (χ3n) is 5.08. The molecule has 3 atom stereocenters. The Hall–Kier alpha value is -2.14. The molecule has 164 valence electrons. The number of hydrogen-bond acceptors (Lipinski definition) is 7. The van der Waals surface area contributed by atoms with Crippen molar-refractivity contribution >= 4 is 33.0 Å². The maximum Gasteiger partial charge on any atom is 0.271 e. The molecule has 1 aromatic heterocycles. The number of aliphatic hydroxyl groups excluding tert-OH is 1. The number of nitrogens with one attached hydrogen (secondary N) is 2. The molecule has 1 amide bonds. The molecule has 10 heteroatoms. The molecule has 0 aliphatic carbocycles. The van der Waals surface area contributed by atoms with E-state index in [-0.39, 0.29) is 46.0 Å². The summed E-state index contributed by atoms with van der Waals surface area (Å²) < 4.78 is 34.0. The van der Waals surface area contributed by atoms with Crippen LogP contribution in [0.3, 0.4) is 0 Å². The maximum atomic E-state index is 13.3. The van der Waals surface area contributed by atoms with E-state index in [1.54, 1.807) is 35.4 Å². The van der Waals surface area contributed by atoms with E-state index in [0.29, 0.717) is 18.8 Å². The van der Waals surface area contributed by atoms with Crippen LogP contribution in [-0.4, -0.2) is 63.2 Å². The van der Waals surface area contributed by atoms with Gasteiger partial charge in [0.15, 0.2) is 0 Å². The Morgan fingerprint density at radius 1 is 1.37 bits per heavy atom. The van der Waals surface area contributed by atoms with E-state index in [2.05, 4.69) is 10.0 Å². The zero-order chi connectivity index (χ0) is 21.9. The second kappa shape index (κ2) is 9.34. The third-order valence-corrected chi connectivity index (χ3v) is 7.86. The van der Waals surface area contributed by atoms with Crippen LogP contribution in [-0.2, 0) is 10.0 Å². The van der Waals surface area contributed by atoms with E-state index < -0.39 is 10.0 Å².